The second-order valence-electron chi connectivity index (χ2n) is 4.33. The Morgan fingerprint density at radius 2 is 2.20 bits per heavy atom. The molecule has 3 nitrogen and oxygen atoms in total. The zero-order valence-electron chi connectivity index (χ0n) is 9.14. The third-order valence-corrected chi connectivity index (χ3v) is 3.01. The second kappa shape index (κ2) is 4.00. The molecule has 0 saturated carbocycles. The van der Waals surface area contributed by atoms with Crippen LogP contribution in [-0.2, 0) is 0 Å². The summed E-state index contributed by atoms with van der Waals surface area (Å²) in [5.41, 5.74) is 1.75. The fraction of sp³-hybridized carbons (Fsp3) is 0.500. The van der Waals surface area contributed by atoms with Gasteiger partial charge in [0.15, 0.2) is 0 Å². The average molecular weight is 201 g/mol. The lowest BCUT2D eigenvalue weighted by molar-refractivity contribution is 0.110. The number of nitriles is 1. The predicted octanol–water partition coefficient (Wildman–Crippen LogP) is 1.76. The van der Waals surface area contributed by atoms with Crippen molar-refractivity contribution in [1.29, 1.82) is 5.26 Å². The van der Waals surface area contributed by atoms with E-state index in [1.807, 2.05) is 18.3 Å². The number of aromatic nitrogens is 1. The molecule has 0 amide bonds. The van der Waals surface area contributed by atoms with E-state index in [9.17, 15) is 0 Å². The zero-order chi connectivity index (χ0) is 10.8. The van der Waals surface area contributed by atoms with Crippen molar-refractivity contribution in [1.82, 2.24) is 9.88 Å². The predicted molar refractivity (Wildman–Crippen MR) is 58.4 cm³/mol. The van der Waals surface area contributed by atoms with Gasteiger partial charge in [0.25, 0.3) is 0 Å². The summed E-state index contributed by atoms with van der Waals surface area (Å²) < 4.78 is 0. The third-order valence-electron chi connectivity index (χ3n) is 3.01. The molecule has 78 valence electrons. The molecule has 1 aliphatic heterocycles. The smallest absolute Gasteiger partial charge is 0.140 e. The van der Waals surface area contributed by atoms with Crippen molar-refractivity contribution in [2.45, 2.75) is 25.8 Å². The number of likely N-dealkylation sites (tertiary alicyclic amines) is 1. The van der Waals surface area contributed by atoms with Crippen molar-refractivity contribution in [3.63, 3.8) is 0 Å². The standard InChI is InChI=1S/C12H15N3/c1-9(2)15-7-11(8-15)10-3-4-12(5-13)14-6-10/h3-4,6,9,11H,7-8H2,1-2H3. The molecule has 0 N–H and O–H groups in total. The van der Waals surface area contributed by atoms with E-state index in [0.717, 1.165) is 13.1 Å². The third kappa shape index (κ3) is 2.00. The van der Waals surface area contributed by atoms with E-state index in [-0.39, 0.29) is 0 Å². The Labute approximate surface area is 90.4 Å². The van der Waals surface area contributed by atoms with Gasteiger partial charge in [-0.25, -0.2) is 4.98 Å². The first-order valence-electron chi connectivity index (χ1n) is 5.31. The van der Waals surface area contributed by atoms with Crippen LogP contribution in [0.15, 0.2) is 18.3 Å². The largest absolute Gasteiger partial charge is 0.300 e. The molecule has 0 radical (unpaired) electrons. The van der Waals surface area contributed by atoms with E-state index >= 15 is 0 Å². The van der Waals surface area contributed by atoms with Crippen LogP contribution in [0.5, 0.6) is 0 Å². The van der Waals surface area contributed by atoms with Crippen molar-refractivity contribution < 1.29 is 0 Å². The van der Waals surface area contributed by atoms with Crippen molar-refractivity contribution in [2.75, 3.05) is 13.1 Å². The lowest BCUT2D eigenvalue weighted by Crippen LogP contribution is -2.48. The molecule has 1 saturated heterocycles. The maximum atomic E-state index is 8.63. The van der Waals surface area contributed by atoms with Crippen LogP contribution in [0.25, 0.3) is 0 Å². The van der Waals surface area contributed by atoms with Gasteiger partial charge in [-0.1, -0.05) is 6.07 Å². The van der Waals surface area contributed by atoms with E-state index < -0.39 is 0 Å². The number of rotatable bonds is 2. The molecule has 1 fully saturated rings. The summed E-state index contributed by atoms with van der Waals surface area (Å²) in [5, 5.41) is 8.63. The SMILES string of the molecule is CC(C)N1CC(c2ccc(C#N)nc2)C1. The Morgan fingerprint density at radius 3 is 2.67 bits per heavy atom. The van der Waals surface area contributed by atoms with Crippen molar-refractivity contribution in [2.24, 2.45) is 0 Å². The normalized spacial score (nSPS) is 17.5. The van der Waals surface area contributed by atoms with Crippen LogP contribution in [0.3, 0.4) is 0 Å². The summed E-state index contributed by atoms with van der Waals surface area (Å²) in [4.78, 5) is 6.52. The van der Waals surface area contributed by atoms with Crippen LogP contribution in [0.4, 0.5) is 0 Å². The van der Waals surface area contributed by atoms with Crippen LogP contribution in [0.1, 0.15) is 31.0 Å². The maximum absolute atomic E-state index is 8.63. The maximum Gasteiger partial charge on any atom is 0.140 e. The van der Waals surface area contributed by atoms with Gasteiger partial charge >= 0.3 is 0 Å². The number of hydrogen-bond donors (Lipinski definition) is 0. The highest BCUT2D eigenvalue weighted by molar-refractivity contribution is 5.26. The molecule has 2 rings (SSSR count). The molecule has 1 aromatic rings. The van der Waals surface area contributed by atoms with Gasteiger partial charge in [0, 0.05) is 31.2 Å². The Hall–Kier alpha value is -1.40. The molecule has 0 atom stereocenters. The highest BCUT2D eigenvalue weighted by atomic mass is 15.2. The highest BCUT2D eigenvalue weighted by Gasteiger charge is 2.29. The van der Waals surface area contributed by atoms with E-state index in [1.54, 1.807) is 6.07 Å². The number of nitrogens with zero attached hydrogens (tertiary/aromatic N) is 3. The lowest BCUT2D eigenvalue weighted by Gasteiger charge is -2.42. The minimum Gasteiger partial charge on any atom is -0.300 e. The van der Waals surface area contributed by atoms with Gasteiger partial charge in [-0.2, -0.15) is 5.26 Å². The summed E-state index contributed by atoms with van der Waals surface area (Å²) in [7, 11) is 0. The molecule has 2 heterocycles. The van der Waals surface area contributed by atoms with Gasteiger partial charge in [0.1, 0.15) is 11.8 Å². The summed E-state index contributed by atoms with van der Waals surface area (Å²) in [6.07, 6.45) is 1.83. The van der Waals surface area contributed by atoms with Gasteiger partial charge in [0.05, 0.1) is 0 Å². The molecule has 0 unspecified atom stereocenters. The van der Waals surface area contributed by atoms with E-state index in [0.29, 0.717) is 17.7 Å². The quantitative estimate of drug-likeness (QED) is 0.732. The second-order valence-corrected chi connectivity index (χ2v) is 4.33. The monoisotopic (exact) mass is 201 g/mol. The molecule has 0 aliphatic carbocycles. The summed E-state index contributed by atoms with van der Waals surface area (Å²) in [6.45, 7) is 6.66. The van der Waals surface area contributed by atoms with E-state index in [1.165, 1.54) is 5.56 Å². The van der Waals surface area contributed by atoms with Gasteiger partial charge in [-0.3, -0.25) is 4.90 Å². The molecule has 0 aromatic carbocycles. The zero-order valence-corrected chi connectivity index (χ0v) is 9.14. The molecule has 0 spiro atoms. The van der Waals surface area contributed by atoms with Crippen LogP contribution in [0.2, 0.25) is 0 Å². The highest BCUT2D eigenvalue weighted by Crippen LogP contribution is 2.27. The van der Waals surface area contributed by atoms with Gasteiger partial charge in [-0.05, 0) is 25.5 Å². The Kier molecular flexibility index (Phi) is 2.70. The van der Waals surface area contributed by atoms with Gasteiger partial charge in [0.2, 0.25) is 0 Å². The Morgan fingerprint density at radius 1 is 1.47 bits per heavy atom. The topological polar surface area (TPSA) is 39.9 Å². The van der Waals surface area contributed by atoms with Crippen molar-refractivity contribution in [3.8, 4) is 6.07 Å². The molecular weight excluding hydrogens is 186 g/mol. The first kappa shape index (κ1) is 10.1. The first-order chi connectivity index (χ1) is 7.20. The molecule has 15 heavy (non-hydrogen) atoms. The summed E-state index contributed by atoms with van der Waals surface area (Å²) in [5.74, 6) is 0.604. The van der Waals surface area contributed by atoms with Crippen LogP contribution >= 0.6 is 0 Å². The number of hydrogen-bond acceptors (Lipinski definition) is 3. The molecule has 1 aromatic heterocycles. The molecule has 1 aliphatic rings. The fourth-order valence-corrected chi connectivity index (χ4v) is 1.86. The van der Waals surface area contributed by atoms with Crippen LogP contribution in [0, 0.1) is 11.3 Å². The fourth-order valence-electron chi connectivity index (χ4n) is 1.86. The van der Waals surface area contributed by atoms with Crippen LogP contribution in [-0.4, -0.2) is 29.0 Å². The Balaban J connectivity index is 1.99. The summed E-state index contributed by atoms with van der Waals surface area (Å²) in [6, 6.07) is 6.49. The van der Waals surface area contributed by atoms with E-state index in [4.69, 9.17) is 5.26 Å². The molecule has 3 heteroatoms. The first-order valence-corrected chi connectivity index (χ1v) is 5.31. The van der Waals surface area contributed by atoms with Gasteiger partial charge in [-0.15, -0.1) is 0 Å². The Bertz CT molecular complexity index is 369. The summed E-state index contributed by atoms with van der Waals surface area (Å²) >= 11 is 0. The van der Waals surface area contributed by atoms with Crippen molar-refractivity contribution >= 4 is 0 Å². The molecular formula is C12H15N3. The minimum atomic E-state index is 0.499. The lowest BCUT2D eigenvalue weighted by atomic mass is 9.91. The van der Waals surface area contributed by atoms with E-state index in [2.05, 4.69) is 23.7 Å². The van der Waals surface area contributed by atoms with Crippen molar-refractivity contribution in [3.05, 3.63) is 29.6 Å². The molecule has 0 bridgehead atoms. The van der Waals surface area contributed by atoms with Crippen LogP contribution < -0.4 is 0 Å². The number of pyridine rings is 1. The average Bonchev–Trinajstić information content (AvgIpc) is 2.16. The minimum absolute atomic E-state index is 0.499. The van der Waals surface area contributed by atoms with Gasteiger partial charge < -0.3 is 0 Å².